The van der Waals surface area contributed by atoms with Crippen LogP contribution in [0, 0.1) is 13.8 Å². The van der Waals surface area contributed by atoms with Crippen LogP contribution in [0.4, 0.5) is 0 Å². The van der Waals surface area contributed by atoms with Crippen molar-refractivity contribution in [3.63, 3.8) is 0 Å². The summed E-state index contributed by atoms with van der Waals surface area (Å²) < 4.78 is 5.42. The number of hydrogen-bond acceptors (Lipinski definition) is 4. The third-order valence-corrected chi connectivity index (χ3v) is 3.36. The van der Waals surface area contributed by atoms with Crippen LogP contribution in [-0.4, -0.2) is 12.1 Å². The lowest BCUT2D eigenvalue weighted by Gasteiger charge is -2.18. The first-order valence-corrected chi connectivity index (χ1v) is 6.65. The van der Waals surface area contributed by atoms with Crippen molar-refractivity contribution < 1.29 is 4.74 Å². The third-order valence-electron chi connectivity index (χ3n) is 3.36. The fourth-order valence-corrected chi connectivity index (χ4v) is 2.33. The highest BCUT2D eigenvalue weighted by atomic mass is 16.5. The molecule has 1 unspecified atom stereocenters. The van der Waals surface area contributed by atoms with Crippen molar-refractivity contribution in [1.29, 1.82) is 0 Å². The maximum Gasteiger partial charge on any atom is 0.122 e. The quantitative estimate of drug-likeness (QED) is 0.648. The van der Waals surface area contributed by atoms with E-state index in [1.54, 1.807) is 7.11 Å². The smallest absolute Gasteiger partial charge is 0.122 e. The number of methoxy groups -OCH3 is 1. The molecule has 1 aromatic carbocycles. The number of ether oxygens (including phenoxy) is 1. The SMILES string of the molecule is COc1ccc(C)cc1CC(NN)c1cncc(C)c1. The molecule has 2 aromatic rings. The van der Waals surface area contributed by atoms with Gasteiger partial charge in [-0.1, -0.05) is 23.8 Å². The number of hydrogen-bond donors (Lipinski definition) is 2. The van der Waals surface area contributed by atoms with Crippen LogP contribution >= 0.6 is 0 Å². The zero-order chi connectivity index (χ0) is 14.5. The number of nitrogens with zero attached hydrogens (tertiary/aromatic N) is 1. The number of nitrogens with one attached hydrogen (secondary N) is 1. The van der Waals surface area contributed by atoms with Crippen molar-refractivity contribution in [3.8, 4) is 5.75 Å². The van der Waals surface area contributed by atoms with Gasteiger partial charge in [0, 0.05) is 12.4 Å². The molecule has 0 spiro atoms. The highest BCUT2D eigenvalue weighted by Crippen LogP contribution is 2.25. The van der Waals surface area contributed by atoms with Crippen LogP contribution in [0.1, 0.15) is 28.3 Å². The van der Waals surface area contributed by atoms with E-state index < -0.39 is 0 Å². The fourth-order valence-electron chi connectivity index (χ4n) is 2.33. The number of aryl methyl sites for hydroxylation is 2. The summed E-state index contributed by atoms with van der Waals surface area (Å²) in [6, 6.07) is 8.28. The van der Waals surface area contributed by atoms with Crippen molar-refractivity contribution in [3.05, 3.63) is 58.9 Å². The molecule has 0 saturated heterocycles. The summed E-state index contributed by atoms with van der Waals surface area (Å²) >= 11 is 0. The maximum atomic E-state index is 5.71. The largest absolute Gasteiger partial charge is 0.496 e. The van der Waals surface area contributed by atoms with Gasteiger partial charge in [0.1, 0.15) is 5.75 Å². The Hall–Kier alpha value is -1.91. The minimum Gasteiger partial charge on any atom is -0.496 e. The Kier molecular flexibility index (Phi) is 4.71. The van der Waals surface area contributed by atoms with E-state index in [1.165, 1.54) is 5.56 Å². The molecule has 1 atom stereocenters. The third kappa shape index (κ3) is 3.35. The van der Waals surface area contributed by atoms with Crippen LogP contribution in [0.5, 0.6) is 5.75 Å². The lowest BCUT2D eigenvalue weighted by Crippen LogP contribution is -2.29. The fraction of sp³-hybridized carbons (Fsp3) is 0.312. The van der Waals surface area contributed by atoms with Crippen LogP contribution < -0.4 is 16.0 Å². The molecular formula is C16H21N3O. The highest BCUT2D eigenvalue weighted by molar-refractivity contribution is 5.38. The average Bonchev–Trinajstić information content (AvgIpc) is 2.45. The Morgan fingerprint density at radius 3 is 2.65 bits per heavy atom. The van der Waals surface area contributed by atoms with Crippen LogP contribution in [0.25, 0.3) is 0 Å². The molecular weight excluding hydrogens is 250 g/mol. The number of nitrogens with two attached hydrogens (primary N) is 1. The van der Waals surface area contributed by atoms with Crippen LogP contribution in [0.15, 0.2) is 36.7 Å². The summed E-state index contributed by atoms with van der Waals surface area (Å²) in [5.41, 5.74) is 7.42. The molecule has 0 bridgehead atoms. The summed E-state index contributed by atoms with van der Waals surface area (Å²) in [7, 11) is 1.69. The molecule has 106 valence electrons. The van der Waals surface area contributed by atoms with Crippen molar-refractivity contribution in [2.45, 2.75) is 26.3 Å². The topological polar surface area (TPSA) is 60.2 Å². The van der Waals surface area contributed by atoms with Crippen molar-refractivity contribution >= 4 is 0 Å². The monoisotopic (exact) mass is 271 g/mol. The maximum absolute atomic E-state index is 5.71. The van der Waals surface area contributed by atoms with Gasteiger partial charge in [0.2, 0.25) is 0 Å². The van der Waals surface area contributed by atoms with E-state index in [9.17, 15) is 0 Å². The lowest BCUT2D eigenvalue weighted by atomic mass is 9.98. The van der Waals surface area contributed by atoms with E-state index >= 15 is 0 Å². The van der Waals surface area contributed by atoms with E-state index in [0.717, 1.165) is 28.9 Å². The Balaban J connectivity index is 2.28. The Labute approximate surface area is 120 Å². The van der Waals surface area contributed by atoms with E-state index in [4.69, 9.17) is 10.6 Å². The van der Waals surface area contributed by atoms with E-state index in [2.05, 4.69) is 29.5 Å². The zero-order valence-corrected chi connectivity index (χ0v) is 12.2. The van der Waals surface area contributed by atoms with Crippen molar-refractivity contribution in [2.75, 3.05) is 7.11 Å². The standard InChI is InChI=1S/C16H21N3O/c1-11-4-5-16(20-3)13(6-11)8-15(19-17)14-7-12(2)9-18-10-14/h4-7,9-10,15,19H,8,17H2,1-3H3. The summed E-state index contributed by atoms with van der Waals surface area (Å²) in [4.78, 5) is 4.23. The Bertz CT molecular complexity index is 584. The van der Waals surface area contributed by atoms with Gasteiger partial charge in [0.05, 0.1) is 13.2 Å². The number of hydrazine groups is 1. The van der Waals surface area contributed by atoms with Gasteiger partial charge in [0.15, 0.2) is 0 Å². The number of benzene rings is 1. The van der Waals surface area contributed by atoms with Crippen LogP contribution in [0.3, 0.4) is 0 Å². The first kappa shape index (κ1) is 14.5. The van der Waals surface area contributed by atoms with Gasteiger partial charge in [-0.25, -0.2) is 0 Å². The van der Waals surface area contributed by atoms with Gasteiger partial charge < -0.3 is 4.74 Å². The van der Waals surface area contributed by atoms with Gasteiger partial charge in [-0.3, -0.25) is 16.3 Å². The second kappa shape index (κ2) is 6.50. The first-order chi connectivity index (χ1) is 9.63. The van der Waals surface area contributed by atoms with Crippen LogP contribution in [-0.2, 0) is 6.42 Å². The molecule has 0 radical (unpaired) electrons. The predicted octanol–water partition coefficient (Wildman–Crippen LogP) is 2.45. The number of pyridine rings is 1. The Morgan fingerprint density at radius 1 is 1.20 bits per heavy atom. The first-order valence-electron chi connectivity index (χ1n) is 6.65. The average molecular weight is 271 g/mol. The molecule has 4 nitrogen and oxygen atoms in total. The minimum absolute atomic E-state index is 0.0121. The van der Waals surface area contributed by atoms with Gasteiger partial charge in [-0.2, -0.15) is 0 Å². The molecule has 3 N–H and O–H groups in total. The molecule has 2 rings (SSSR count). The second-order valence-electron chi connectivity index (χ2n) is 5.03. The summed E-state index contributed by atoms with van der Waals surface area (Å²) in [5, 5.41) is 0. The summed E-state index contributed by atoms with van der Waals surface area (Å²) in [5.74, 6) is 6.60. The molecule has 1 aromatic heterocycles. The van der Waals surface area contributed by atoms with Gasteiger partial charge in [0.25, 0.3) is 0 Å². The number of rotatable bonds is 5. The normalized spacial score (nSPS) is 12.2. The van der Waals surface area contributed by atoms with Gasteiger partial charge in [-0.15, -0.1) is 0 Å². The summed E-state index contributed by atoms with van der Waals surface area (Å²) in [6.45, 7) is 4.10. The van der Waals surface area contributed by atoms with Crippen molar-refractivity contribution in [2.24, 2.45) is 5.84 Å². The molecule has 0 amide bonds. The van der Waals surface area contributed by atoms with Gasteiger partial charge >= 0.3 is 0 Å². The molecule has 0 saturated carbocycles. The second-order valence-corrected chi connectivity index (χ2v) is 5.03. The molecule has 0 aliphatic carbocycles. The zero-order valence-electron chi connectivity index (χ0n) is 12.2. The minimum atomic E-state index is 0.0121. The van der Waals surface area contributed by atoms with E-state index in [-0.39, 0.29) is 6.04 Å². The number of aromatic nitrogens is 1. The van der Waals surface area contributed by atoms with Crippen LogP contribution in [0.2, 0.25) is 0 Å². The molecule has 0 fully saturated rings. The molecule has 0 aliphatic heterocycles. The van der Waals surface area contributed by atoms with E-state index in [1.807, 2.05) is 31.5 Å². The highest BCUT2D eigenvalue weighted by Gasteiger charge is 2.14. The van der Waals surface area contributed by atoms with Gasteiger partial charge in [-0.05, 0) is 43.0 Å². The molecule has 20 heavy (non-hydrogen) atoms. The molecule has 1 heterocycles. The van der Waals surface area contributed by atoms with Crippen molar-refractivity contribution in [1.82, 2.24) is 10.4 Å². The predicted molar refractivity (Wildman–Crippen MR) is 80.5 cm³/mol. The Morgan fingerprint density at radius 2 is 2.00 bits per heavy atom. The lowest BCUT2D eigenvalue weighted by molar-refractivity contribution is 0.405. The summed E-state index contributed by atoms with van der Waals surface area (Å²) in [6.07, 6.45) is 4.44. The molecule has 0 aliphatic rings. The molecule has 4 heteroatoms. The van der Waals surface area contributed by atoms with E-state index in [0.29, 0.717) is 0 Å².